The molecule has 0 atom stereocenters. The lowest BCUT2D eigenvalue weighted by Crippen LogP contribution is -1.95. The lowest BCUT2D eigenvalue weighted by atomic mass is 10.1. The van der Waals surface area contributed by atoms with Crippen LogP contribution in [-0.2, 0) is 0 Å². The van der Waals surface area contributed by atoms with Gasteiger partial charge in [0.25, 0.3) is 0 Å². The molecule has 0 aromatic heterocycles. The normalized spacial score (nSPS) is 9.50. The van der Waals surface area contributed by atoms with Crippen LogP contribution >= 0.6 is 11.6 Å². The van der Waals surface area contributed by atoms with Crippen molar-refractivity contribution in [3.8, 4) is 11.8 Å². The van der Waals surface area contributed by atoms with Crippen molar-refractivity contribution in [2.75, 3.05) is 0 Å². The number of nitro benzene ring substituents is 1. The molecule has 1 N–H and O–H groups in total. The molecule has 1 aromatic rings. The number of phenolic OH excluding ortho intramolecular Hbond substituents is 1. The Hall–Kier alpha value is -1.80. The second-order valence-corrected chi connectivity index (χ2v) is 3.02. The van der Waals surface area contributed by atoms with E-state index in [9.17, 15) is 15.2 Å². The van der Waals surface area contributed by atoms with E-state index < -0.39 is 16.4 Å². The first-order valence-corrected chi connectivity index (χ1v) is 3.93. The minimum atomic E-state index is -0.827. The summed E-state index contributed by atoms with van der Waals surface area (Å²) in [5.41, 5.74) is -0.448. The molecule has 0 saturated carbocycles. The molecule has 0 unspecified atom stereocenters. The molecular weight excluding hydrogens is 208 g/mol. The van der Waals surface area contributed by atoms with Crippen molar-refractivity contribution in [3.63, 3.8) is 0 Å². The quantitative estimate of drug-likeness (QED) is 0.571. The molecule has 0 aliphatic carbocycles. The van der Waals surface area contributed by atoms with Crippen molar-refractivity contribution in [2.24, 2.45) is 0 Å². The highest BCUT2D eigenvalue weighted by Gasteiger charge is 2.24. The summed E-state index contributed by atoms with van der Waals surface area (Å²) < 4.78 is 0. The van der Waals surface area contributed by atoms with Crippen molar-refractivity contribution in [1.29, 1.82) is 5.26 Å². The van der Waals surface area contributed by atoms with Gasteiger partial charge >= 0.3 is 5.69 Å². The van der Waals surface area contributed by atoms with Crippen LogP contribution in [-0.4, -0.2) is 10.0 Å². The van der Waals surface area contributed by atoms with Gasteiger partial charge in [-0.15, -0.1) is 0 Å². The predicted molar refractivity (Wildman–Crippen MR) is 49.2 cm³/mol. The molecule has 0 amide bonds. The molecule has 14 heavy (non-hydrogen) atoms. The van der Waals surface area contributed by atoms with Gasteiger partial charge in [-0.2, -0.15) is 5.26 Å². The van der Waals surface area contributed by atoms with Crippen LogP contribution in [0.4, 0.5) is 5.69 Å². The third-order valence-corrected chi connectivity index (χ3v) is 2.01. The fourth-order valence-electron chi connectivity index (χ4n) is 1.07. The molecule has 0 fully saturated rings. The smallest absolute Gasteiger partial charge is 0.330 e. The molecule has 72 valence electrons. The van der Waals surface area contributed by atoms with E-state index in [4.69, 9.17) is 16.9 Å². The Morgan fingerprint density at radius 2 is 2.29 bits per heavy atom. The number of aromatic hydroxyl groups is 1. The topological polar surface area (TPSA) is 87.2 Å². The monoisotopic (exact) mass is 212 g/mol. The van der Waals surface area contributed by atoms with Crippen molar-refractivity contribution < 1.29 is 10.0 Å². The number of hydrogen-bond donors (Lipinski definition) is 1. The number of hydrogen-bond acceptors (Lipinski definition) is 4. The van der Waals surface area contributed by atoms with E-state index in [1.807, 2.05) is 0 Å². The predicted octanol–water partition coefficient (Wildman–Crippen LogP) is 2.13. The first-order valence-electron chi connectivity index (χ1n) is 3.55. The van der Waals surface area contributed by atoms with Gasteiger partial charge in [0.2, 0.25) is 5.75 Å². The van der Waals surface area contributed by atoms with Gasteiger partial charge in [0.15, 0.2) is 0 Å². The Balaban J connectivity index is 3.67. The average Bonchev–Trinajstić information content (AvgIpc) is 2.10. The maximum Gasteiger partial charge on any atom is 0.330 e. The first-order chi connectivity index (χ1) is 6.49. The van der Waals surface area contributed by atoms with Gasteiger partial charge in [-0.05, 0) is 18.6 Å². The molecule has 1 aromatic carbocycles. The maximum absolute atomic E-state index is 10.5. The fraction of sp³-hybridized carbons (Fsp3) is 0.125. The van der Waals surface area contributed by atoms with E-state index in [-0.39, 0.29) is 10.6 Å². The Bertz CT molecular complexity index is 451. The van der Waals surface area contributed by atoms with Crippen molar-refractivity contribution in [2.45, 2.75) is 6.92 Å². The fourth-order valence-corrected chi connectivity index (χ4v) is 1.32. The van der Waals surface area contributed by atoms with E-state index >= 15 is 0 Å². The van der Waals surface area contributed by atoms with Crippen molar-refractivity contribution in [1.82, 2.24) is 0 Å². The standard InChI is InChI=1S/C8H5ClN2O3/c1-4-2-6(9)8(12)7(11(13)14)5(4)3-10/h2,12H,1H3. The van der Waals surface area contributed by atoms with Gasteiger partial charge in [-0.3, -0.25) is 10.1 Å². The number of benzene rings is 1. The zero-order valence-electron chi connectivity index (χ0n) is 7.11. The number of nitro groups is 1. The SMILES string of the molecule is Cc1cc(Cl)c(O)c([N+](=O)[O-])c1C#N. The minimum Gasteiger partial charge on any atom is -0.501 e. The number of phenols is 1. The van der Waals surface area contributed by atoms with Gasteiger partial charge in [-0.1, -0.05) is 11.6 Å². The molecule has 0 spiro atoms. The van der Waals surface area contributed by atoms with Gasteiger partial charge < -0.3 is 5.11 Å². The van der Waals surface area contributed by atoms with Gasteiger partial charge in [0, 0.05) is 0 Å². The van der Waals surface area contributed by atoms with Crippen LogP contribution < -0.4 is 0 Å². The van der Waals surface area contributed by atoms with E-state index in [0.29, 0.717) is 5.56 Å². The summed E-state index contributed by atoms with van der Waals surface area (Å²) >= 11 is 5.53. The summed E-state index contributed by atoms with van der Waals surface area (Å²) in [5, 5.41) is 28.3. The summed E-state index contributed by atoms with van der Waals surface area (Å²) in [5.74, 6) is -0.668. The van der Waals surface area contributed by atoms with Gasteiger partial charge in [0.05, 0.1) is 9.95 Å². The zero-order valence-corrected chi connectivity index (χ0v) is 7.87. The van der Waals surface area contributed by atoms with Gasteiger partial charge in [0.1, 0.15) is 11.6 Å². The summed E-state index contributed by atoms with van der Waals surface area (Å²) in [4.78, 5) is 9.72. The number of rotatable bonds is 1. The maximum atomic E-state index is 10.5. The van der Waals surface area contributed by atoms with Crippen LogP contribution in [0.2, 0.25) is 5.02 Å². The Labute approximate surface area is 84.3 Å². The molecule has 5 nitrogen and oxygen atoms in total. The Kier molecular flexibility index (Phi) is 2.58. The summed E-state index contributed by atoms with van der Waals surface area (Å²) in [6.45, 7) is 1.51. The highest BCUT2D eigenvalue weighted by atomic mass is 35.5. The highest BCUT2D eigenvalue weighted by molar-refractivity contribution is 6.32. The van der Waals surface area contributed by atoms with Crippen LogP contribution in [0.1, 0.15) is 11.1 Å². The summed E-state index contributed by atoms with van der Waals surface area (Å²) in [6.07, 6.45) is 0. The molecule has 1 rings (SSSR count). The molecule has 0 aliphatic rings. The van der Waals surface area contributed by atoms with Crippen molar-refractivity contribution in [3.05, 3.63) is 32.3 Å². The number of nitrogens with zero attached hydrogens (tertiary/aromatic N) is 2. The third-order valence-electron chi connectivity index (χ3n) is 1.72. The van der Waals surface area contributed by atoms with Crippen LogP contribution in [0.25, 0.3) is 0 Å². The lowest BCUT2D eigenvalue weighted by Gasteiger charge is -2.02. The zero-order chi connectivity index (χ0) is 10.9. The molecule has 0 heterocycles. The van der Waals surface area contributed by atoms with Crippen LogP contribution in [0.15, 0.2) is 6.07 Å². The number of nitriles is 1. The van der Waals surface area contributed by atoms with E-state index in [2.05, 4.69) is 0 Å². The average molecular weight is 213 g/mol. The third kappa shape index (κ3) is 1.47. The second kappa shape index (κ2) is 3.52. The highest BCUT2D eigenvalue weighted by Crippen LogP contribution is 2.37. The summed E-state index contributed by atoms with van der Waals surface area (Å²) in [6, 6.07) is 2.96. The Morgan fingerprint density at radius 1 is 1.71 bits per heavy atom. The molecule has 0 aliphatic heterocycles. The summed E-state index contributed by atoms with van der Waals surface area (Å²) in [7, 11) is 0. The van der Waals surface area contributed by atoms with E-state index in [1.54, 1.807) is 6.07 Å². The second-order valence-electron chi connectivity index (χ2n) is 2.62. The molecule has 0 bridgehead atoms. The molecule has 0 radical (unpaired) electrons. The van der Waals surface area contributed by atoms with E-state index in [1.165, 1.54) is 13.0 Å². The minimum absolute atomic E-state index is 0.131. The van der Waals surface area contributed by atoms with Crippen LogP contribution in [0.3, 0.4) is 0 Å². The van der Waals surface area contributed by atoms with Crippen LogP contribution in [0, 0.1) is 28.4 Å². The van der Waals surface area contributed by atoms with Crippen molar-refractivity contribution >= 4 is 17.3 Å². The first kappa shape index (κ1) is 10.3. The molecular formula is C8H5ClN2O3. The lowest BCUT2D eigenvalue weighted by molar-refractivity contribution is -0.386. The van der Waals surface area contributed by atoms with Gasteiger partial charge in [-0.25, -0.2) is 0 Å². The largest absolute Gasteiger partial charge is 0.501 e. The number of halogens is 1. The molecule has 6 heteroatoms. The van der Waals surface area contributed by atoms with E-state index in [0.717, 1.165) is 0 Å². The van der Waals surface area contributed by atoms with Crippen LogP contribution in [0.5, 0.6) is 5.75 Å². The number of aryl methyl sites for hydroxylation is 1. The Morgan fingerprint density at radius 3 is 2.71 bits per heavy atom. The molecule has 0 saturated heterocycles.